The minimum Gasteiger partial charge on any atom is -0.395 e. The summed E-state index contributed by atoms with van der Waals surface area (Å²) < 4.78 is 0. The third-order valence-electron chi connectivity index (χ3n) is 2.70. The Kier molecular flexibility index (Phi) is 4.90. The summed E-state index contributed by atoms with van der Waals surface area (Å²) >= 11 is 0. The average Bonchev–Trinajstić information content (AvgIpc) is 2.19. The van der Waals surface area contributed by atoms with Crippen LogP contribution in [0.15, 0.2) is 0 Å². The molecule has 14 heavy (non-hydrogen) atoms. The van der Waals surface area contributed by atoms with Gasteiger partial charge in [-0.3, -0.25) is 4.79 Å². The number of nitrogens with zero attached hydrogens (tertiary/aromatic N) is 1. The molecule has 1 heterocycles. The summed E-state index contributed by atoms with van der Waals surface area (Å²) in [5, 5.41) is 11.4. The summed E-state index contributed by atoms with van der Waals surface area (Å²) in [5.74, 6) is 0.912. The molecule has 0 spiro atoms. The molecule has 82 valence electrons. The second-order valence-corrected chi connectivity index (χ2v) is 3.96. The molecule has 0 aromatic heterocycles. The lowest BCUT2D eigenvalue weighted by Crippen LogP contribution is -2.43. The molecule has 4 heteroatoms. The highest BCUT2D eigenvalue weighted by Gasteiger charge is 2.19. The molecule has 0 radical (unpaired) electrons. The van der Waals surface area contributed by atoms with Gasteiger partial charge in [0.05, 0.1) is 13.2 Å². The molecule has 1 aliphatic heterocycles. The maximum atomic E-state index is 11.6. The summed E-state index contributed by atoms with van der Waals surface area (Å²) in [7, 11) is 0. The molecular weight excluding hydrogens is 180 g/mol. The number of carbonyl (C=O) groups excluding carboxylic acids is 1. The SMILES string of the molecule is CC1CCN(C(=O)CNCCO)CC1. The number of hydrogen-bond donors (Lipinski definition) is 2. The van der Waals surface area contributed by atoms with Crippen LogP contribution in [0.25, 0.3) is 0 Å². The van der Waals surface area contributed by atoms with E-state index in [4.69, 9.17) is 5.11 Å². The molecule has 0 unspecified atom stereocenters. The number of hydrogen-bond acceptors (Lipinski definition) is 3. The number of likely N-dealkylation sites (tertiary alicyclic amines) is 1. The lowest BCUT2D eigenvalue weighted by atomic mass is 9.99. The number of amides is 1. The van der Waals surface area contributed by atoms with E-state index in [2.05, 4.69) is 12.2 Å². The van der Waals surface area contributed by atoms with Gasteiger partial charge in [0.1, 0.15) is 0 Å². The van der Waals surface area contributed by atoms with E-state index < -0.39 is 0 Å². The fourth-order valence-electron chi connectivity index (χ4n) is 1.64. The zero-order chi connectivity index (χ0) is 10.4. The highest BCUT2D eigenvalue weighted by Crippen LogP contribution is 2.15. The molecule has 0 aromatic carbocycles. The Morgan fingerprint density at radius 2 is 2.14 bits per heavy atom. The van der Waals surface area contributed by atoms with Crippen molar-refractivity contribution < 1.29 is 9.90 Å². The molecule has 4 nitrogen and oxygen atoms in total. The zero-order valence-electron chi connectivity index (χ0n) is 8.83. The van der Waals surface area contributed by atoms with Gasteiger partial charge in [-0.15, -0.1) is 0 Å². The number of piperidine rings is 1. The number of nitrogens with one attached hydrogen (secondary N) is 1. The zero-order valence-corrected chi connectivity index (χ0v) is 8.83. The molecule has 0 aromatic rings. The Bertz CT molecular complexity index is 177. The molecule has 2 N–H and O–H groups in total. The van der Waals surface area contributed by atoms with E-state index in [0.29, 0.717) is 13.1 Å². The number of rotatable bonds is 4. The third-order valence-corrected chi connectivity index (χ3v) is 2.70. The van der Waals surface area contributed by atoms with E-state index in [1.165, 1.54) is 0 Å². The quantitative estimate of drug-likeness (QED) is 0.619. The van der Waals surface area contributed by atoms with E-state index in [1.54, 1.807) is 0 Å². The Hall–Kier alpha value is -0.610. The lowest BCUT2D eigenvalue weighted by molar-refractivity contribution is -0.131. The van der Waals surface area contributed by atoms with E-state index in [-0.39, 0.29) is 12.5 Å². The number of aliphatic hydroxyl groups is 1. The molecule has 1 amide bonds. The molecule has 0 atom stereocenters. The van der Waals surface area contributed by atoms with Crippen LogP contribution in [0.3, 0.4) is 0 Å². The molecule has 1 saturated heterocycles. The molecule has 1 rings (SSSR count). The molecule has 0 bridgehead atoms. The van der Waals surface area contributed by atoms with Gasteiger partial charge in [0.15, 0.2) is 0 Å². The van der Waals surface area contributed by atoms with Crippen LogP contribution >= 0.6 is 0 Å². The monoisotopic (exact) mass is 200 g/mol. The second-order valence-electron chi connectivity index (χ2n) is 3.96. The van der Waals surface area contributed by atoms with Gasteiger partial charge in [0.2, 0.25) is 5.91 Å². The summed E-state index contributed by atoms with van der Waals surface area (Å²) in [4.78, 5) is 13.5. The highest BCUT2D eigenvalue weighted by atomic mass is 16.3. The van der Waals surface area contributed by atoms with Gasteiger partial charge < -0.3 is 15.3 Å². The van der Waals surface area contributed by atoms with Gasteiger partial charge in [-0.25, -0.2) is 0 Å². The maximum Gasteiger partial charge on any atom is 0.236 e. The second kappa shape index (κ2) is 5.98. The first kappa shape index (κ1) is 11.5. The van der Waals surface area contributed by atoms with Gasteiger partial charge in [-0.05, 0) is 18.8 Å². The van der Waals surface area contributed by atoms with Crippen molar-refractivity contribution >= 4 is 5.91 Å². The van der Waals surface area contributed by atoms with Crippen LogP contribution in [-0.4, -0.2) is 48.7 Å². The van der Waals surface area contributed by atoms with Crippen LogP contribution in [-0.2, 0) is 4.79 Å². The Balaban J connectivity index is 2.17. The van der Waals surface area contributed by atoms with Gasteiger partial charge >= 0.3 is 0 Å². The fraction of sp³-hybridized carbons (Fsp3) is 0.900. The molecule has 1 aliphatic rings. The molecule has 0 aliphatic carbocycles. The van der Waals surface area contributed by atoms with E-state index in [9.17, 15) is 4.79 Å². The van der Waals surface area contributed by atoms with Gasteiger partial charge in [0.25, 0.3) is 0 Å². The summed E-state index contributed by atoms with van der Waals surface area (Å²) in [6.45, 7) is 4.95. The normalized spacial score (nSPS) is 18.6. The smallest absolute Gasteiger partial charge is 0.236 e. The van der Waals surface area contributed by atoms with Crippen molar-refractivity contribution in [1.29, 1.82) is 0 Å². The van der Waals surface area contributed by atoms with Crippen LogP contribution in [0.2, 0.25) is 0 Å². The summed E-state index contributed by atoms with van der Waals surface area (Å²) in [6.07, 6.45) is 2.23. The first-order valence-electron chi connectivity index (χ1n) is 5.33. The van der Waals surface area contributed by atoms with Gasteiger partial charge in [-0.2, -0.15) is 0 Å². The summed E-state index contributed by atoms with van der Waals surface area (Å²) in [6, 6.07) is 0. The van der Waals surface area contributed by atoms with Gasteiger partial charge in [-0.1, -0.05) is 6.92 Å². The van der Waals surface area contributed by atoms with Crippen LogP contribution in [0, 0.1) is 5.92 Å². The first-order valence-corrected chi connectivity index (χ1v) is 5.33. The first-order chi connectivity index (χ1) is 6.74. The summed E-state index contributed by atoms with van der Waals surface area (Å²) in [5.41, 5.74) is 0. The van der Waals surface area contributed by atoms with Crippen LogP contribution in [0.4, 0.5) is 0 Å². The standard InChI is InChI=1S/C10H20N2O2/c1-9-2-5-12(6-3-9)10(14)8-11-4-7-13/h9,11,13H,2-8H2,1H3. The van der Waals surface area contributed by atoms with Crippen molar-refractivity contribution in [3.05, 3.63) is 0 Å². The van der Waals surface area contributed by atoms with Crippen molar-refractivity contribution in [1.82, 2.24) is 10.2 Å². The van der Waals surface area contributed by atoms with E-state index in [1.807, 2.05) is 4.90 Å². The van der Waals surface area contributed by atoms with Crippen molar-refractivity contribution in [2.75, 3.05) is 32.8 Å². The molecule has 0 saturated carbocycles. The van der Waals surface area contributed by atoms with Crippen LogP contribution in [0.5, 0.6) is 0 Å². The van der Waals surface area contributed by atoms with Gasteiger partial charge in [0, 0.05) is 19.6 Å². The predicted octanol–water partition coefficient (Wildman–Crippen LogP) is -0.173. The maximum absolute atomic E-state index is 11.6. The van der Waals surface area contributed by atoms with Crippen LogP contribution in [0.1, 0.15) is 19.8 Å². The topological polar surface area (TPSA) is 52.6 Å². The third kappa shape index (κ3) is 3.64. The minimum atomic E-state index is 0.0876. The van der Waals surface area contributed by atoms with Crippen LogP contribution < -0.4 is 5.32 Å². The van der Waals surface area contributed by atoms with E-state index in [0.717, 1.165) is 31.8 Å². The van der Waals surface area contributed by atoms with Crippen molar-refractivity contribution in [2.24, 2.45) is 5.92 Å². The Morgan fingerprint density at radius 1 is 1.50 bits per heavy atom. The predicted molar refractivity (Wildman–Crippen MR) is 54.9 cm³/mol. The van der Waals surface area contributed by atoms with E-state index >= 15 is 0 Å². The lowest BCUT2D eigenvalue weighted by Gasteiger charge is -2.30. The Morgan fingerprint density at radius 3 is 2.71 bits per heavy atom. The number of carbonyl (C=O) groups is 1. The minimum absolute atomic E-state index is 0.0876. The Labute approximate surface area is 85.3 Å². The highest BCUT2D eigenvalue weighted by molar-refractivity contribution is 5.78. The largest absolute Gasteiger partial charge is 0.395 e. The van der Waals surface area contributed by atoms with Crippen molar-refractivity contribution in [3.63, 3.8) is 0 Å². The average molecular weight is 200 g/mol. The molecule has 1 fully saturated rings. The number of aliphatic hydroxyl groups excluding tert-OH is 1. The molecular formula is C10H20N2O2. The van der Waals surface area contributed by atoms with Crippen molar-refractivity contribution in [2.45, 2.75) is 19.8 Å². The fourth-order valence-corrected chi connectivity index (χ4v) is 1.64. The van der Waals surface area contributed by atoms with Crippen molar-refractivity contribution in [3.8, 4) is 0 Å².